The topological polar surface area (TPSA) is 79.2 Å². The molecule has 1 heterocycles. The van der Waals surface area contributed by atoms with Crippen LogP contribution in [0.2, 0.25) is 0 Å². The van der Waals surface area contributed by atoms with Gasteiger partial charge in [0.2, 0.25) is 0 Å². The highest BCUT2D eigenvalue weighted by Crippen LogP contribution is 2.25. The van der Waals surface area contributed by atoms with Gasteiger partial charge in [-0.05, 0) is 36.2 Å². The van der Waals surface area contributed by atoms with Crippen LogP contribution >= 0.6 is 0 Å². The normalized spacial score (nSPS) is 20.0. The molecule has 0 spiro atoms. The third-order valence-corrected chi connectivity index (χ3v) is 4.35. The van der Waals surface area contributed by atoms with Gasteiger partial charge in [0.25, 0.3) is 0 Å². The molecule has 1 fully saturated rings. The maximum atomic E-state index is 10.7. The summed E-state index contributed by atoms with van der Waals surface area (Å²) in [5.41, 5.74) is 0.237. The molecule has 1 unspecified atom stereocenters. The van der Waals surface area contributed by atoms with E-state index in [4.69, 9.17) is 14.6 Å². The standard InChI is InChI=1S/C20H23NO5/c22-19(23)13-25-18-8-6-16(7-9-18)12-21-11-10-20(24,14-21)15-26-17-4-2-1-3-5-17/h1-9,24H,10-15H2,(H,22,23). The quantitative estimate of drug-likeness (QED) is 0.754. The smallest absolute Gasteiger partial charge is 0.341 e. The molecular formula is C20H23NO5. The number of β-amino-alcohol motifs (C(OH)–C–C–N with tert-alkyl or cyclic N) is 1. The summed E-state index contributed by atoms with van der Waals surface area (Å²) in [6.07, 6.45) is 0.666. The molecule has 1 aliphatic heterocycles. The molecule has 26 heavy (non-hydrogen) atoms. The number of likely N-dealkylation sites (tertiary alicyclic amines) is 1. The van der Waals surface area contributed by atoms with Crippen LogP contribution < -0.4 is 9.47 Å². The van der Waals surface area contributed by atoms with Crippen LogP contribution in [-0.2, 0) is 11.3 Å². The minimum atomic E-state index is -0.997. The molecule has 1 atom stereocenters. The van der Waals surface area contributed by atoms with E-state index in [0.29, 0.717) is 25.3 Å². The third kappa shape index (κ3) is 5.21. The van der Waals surface area contributed by atoms with Gasteiger partial charge in [-0.15, -0.1) is 0 Å². The second kappa shape index (κ2) is 8.21. The first-order valence-electron chi connectivity index (χ1n) is 8.59. The summed E-state index contributed by atoms with van der Waals surface area (Å²) in [6, 6.07) is 16.8. The van der Waals surface area contributed by atoms with Crippen LogP contribution in [0.15, 0.2) is 54.6 Å². The molecule has 0 bridgehead atoms. The van der Waals surface area contributed by atoms with Crippen LogP contribution in [0.5, 0.6) is 11.5 Å². The first-order chi connectivity index (χ1) is 12.5. The van der Waals surface area contributed by atoms with Crippen LogP contribution in [0.25, 0.3) is 0 Å². The maximum absolute atomic E-state index is 10.7. The fourth-order valence-corrected chi connectivity index (χ4v) is 3.02. The van der Waals surface area contributed by atoms with Crippen LogP contribution in [0.3, 0.4) is 0 Å². The average molecular weight is 357 g/mol. The van der Waals surface area contributed by atoms with Crippen LogP contribution in [0.1, 0.15) is 12.0 Å². The number of aliphatic hydroxyl groups is 1. The van der Waals surface area contributed by atoms with Gasteiger partial charge in [-0.2, -0.15) is 0 Å². The van der Waals surface area contributed by atoms with E-state index in [0.717, 1.165) is 17.9 Å². The molecule has 0 saturated carbocycles. The van der Waals surface area contributed by atoms with Crippen molar-refractivity contribution in [2.45, 2.75) is 18.6 Å². The van der Waals surface area contributed by atoms with Gasteiger partial charge in [0.15, 0.2) is 6.61 Å². The largest absolute Gasteiger partial charge is 0.491 e. The molecule has 0 amide bonds. The van der Waals surface area contributed by atoms with Crippen molar-refractivity contribution in [2.75, 3.05) is 26.3 Å². The fourth-order valence-electron chi connectivity index (χ4n) is 3.02. The Balaban J connectivity index is 1.48. The molecule has 1 aliphatic rings. The number of rotatable bonds is 8. The molecule has 2 N–H and O–H groups in total. The lowest BCUT2D eigenvalue weighted by Crippen LogP contribution is -2.39. The van der Waals surface area contributed by atoms with Gasteiger partial charge in [-0.1, -0.05) is 30.3 Å². The molecule has 3 rings (SSSR count). The van der Waals surface area contributed by atoms with Crippen molar-refractivity contribution in [1.29, 1.82) is 0 Å². The van der Waals surface area contributed by atoms with E-state index in [1.54, 1.807) is 12.1 Å². The molecule has 6 nitrogen and oxygen atoms in total. The molecule has 2 aromatic rings. The van der Waals surface area contributed by atoms with Gasteiger partial charge in [0, 0.05) is 19.6 Å². The summed E-state index contributed by atoms with van der Waals surface area (Å²) in [5.74, 6) is 0.296. The van der Waals surface area contributed by atoms with Gasteiger partial charge < -0.3 is 19.7 Å². The van der Waals surface area contributed by atoms with Crippen LogP contribution in [0, 0.1) is 0 Å². The Kier molecular flexibility index (Phi) is 5.75. The van der Waals surface area contributed by atoms with Gasteiger partial charge >= 0.3 is 5.97 Å². The van der Waals surface area contributed by atoms with E-state index >= 15 is 0 Å². The zero-order valence-corrected chi connectivity index (χ0v) is 14.5. The van der Waals surface area contributed by atoms with Crippen molar-refractivity contribution in [3.05, 3.63) is 60.2 Å². The number of ether oxygens (including phenoxy) is 2. The SMILES string of the molecule is O=C(O)COc1ccc(CN2CCC(O)(COc3ccccc3)C2)cc1. The molecule has 0 aliphatic carbocycles. The molecule has 6 heteroatoms. The van der Waals surface area contributed by atoms with Crippen molar-refractivity contribution in [3.8, 4) is 11.5 Å². The lowest BCUT2D eigenvalue weighted by Gasteiger charge is -2.23. The number of benzene rings is 2. The van der Waals surface area contributed by atoms with Crippen LogP contribution in [-0.4, -0.2) is 53.0 Å². The third-order valence-electron chi connectivity index (χ3n) is 4.35. The summed E-state index contributed by atoms with van der Waals surface area (Å²) >= 11 is 0. The number of nitrogens with zero attached hydrogens (tertiary/aromatic N) is 1. The van der Waals surface area contributed by atoms with Gasteiger partial charge in [0.1, 0.15) is 23.7 Å². The molecule has 2 aromatic carbocycles. The Bertz CT molecular complexity index is 719. The van der Waals surface area contributed by atoms with Crippen molar-refractivity contribution in [3.63, 3.8) is 0 Å². The van der Waals surface area contributed by atoms with Gasteiger partial charge in [0.05, 0.1) is 0 Å². The highest BCUT2D eigenvalue weighted by atomic mass is 16.5. The van der Waals surface area contributed by atoms with Crippen molar-refractivity contribution < 1.29 is 24.5 Å². The van der Waals surface area contributed by atoms with E-state index in [2.05, 4.69) is 4.90 Å². The van der Waals surface area contributed by atoms with Gasteiger partial charge in [-0.25, -0.2) is 4.79 Å². The summed E-state index contributed by atoms with van der Waals surface area (Å²) in [5, 5.41) is 19.3. The molecular weight excluding hydrogens is 334 g/mol. The van der Waals surface area contributed by atoms with E-state index in [9.17, 15) is 9.90 Å². The monoisotopic (exact) mass is 357 g/mol. The van der Waals surface area contributed by atoms with E-state index in [1.165, 1.54) is 0 Å². The number of aliphatic carboxylic acids is 1. The number of carboxylic acids is 1. The number of hydrogen-bond donors (Lipinski definition) is 2. The number of carboxylic acid groups (broad SMARTS) is 1. The second-order valence-corrected chi connectivity index (χ2v) is 6.61. The minimum Gasteiger partial charge on any atom is -0.491 e. The Labute approximate surface area is 152 Å². The van der Waals surface area contributed by atoms with Crippen molar-refractivity contribution >= 4 is 5.97 Å². The molecule has 138 valence electrons. The summed E-state index contributed by atoms with van der Waals surface area (Å²) in [7, 11) is 0. The predicted molar refractivity (Wildman–Crippen MR) is 96.4 cm³/mol. The van der Waals surface area contributed by atoms with Crippen molar-refractivity contribution in [1.82, 2.24) is 4.90 Å². The lowest BCUT2D eigenvalue weighted by atomic mass is 10.1. The zero-order chi connectivity index (χ0) is 18.4. The minimum absolute atomic E-state index is 0.273. The first kappa shape index (κ1) is 18.2. The Hall–Kier alpha value is -2.57. The Morgan fingerprint density at radius 2 is 1.73 bits per heavy atom. The number of hydrogen-bond acceptors (Lipinski definition) is 5. The summed E-state index contributed by atoms with van der Waals surface area (Å²) in [6.45, 7) is 1.99. The van der Waals surface area contributed by atoms with Crippen LogP contribution in [0.4, 0.5) is 0 Å². The Morgan fingerprint density at radius 3 is 2.42 bits per heavy atom. The zero-order valence-electron chi connectivity index (χ0n) is 14.5. The maximum Gasteiger partial charge on any atom is 0.341 e. The fraction of sp³-hybridized carbons (Fsp3) is 0.350. The number of carbonyl (C=O) groups is 1. The number of para-hydroxylation sites is 1. The lowest BCUT2D eigenvalue weighted by molar-refractivity contribution is -0.139. The van der Waals surface area contributed by atoms with Crippen molar-refractivity contribution in [2.24, 2.45) is 0 Å². The molecule has 1 saturated heterocycles. The second-order valence-electron chi connectivity index (χ2n) is 6.61. The first-order valence-corrected chi connectivity index (χ1v) is 8.59. The Morgan fingerprint density at radius 1 is 1.04 bits per heavy atom. The molecule has 0 radical (unpaired) electrons. The highest BCUT2D eigenvalue weighted by Gasteiger charge is 2.36. The average Bonchev–Trinajstić information content (AvgIpc) is 3.01. The summed E-state index contributed by atoms with van der Waals surface area (Å²) in [4.78, 5) is 12.7. The summed E-state index contributed by atoms with van der Waals surface area (Å²) < 4.78 is 10.8. The van der Waals surface area contributed by atoms with E-state index in [1.807, 2.05) is 42.5 Å². The molecule has 0 aromatic heterocycles. The van der Waals surface area contributed by atoms with E-state index < -0.39 is 11.6 Å². The van der Waals surface area contributed by atoms with E-state index in [-0.39, 0.29) is 13.2 Å². The predicted octanol–water partition coefficient (Wildman–Crippen LogP) is 2.17. The highest BCUT2D eigenvalue weighted by molar-refractivity contribution is 5.68. The van der Waals surface area contributed by atoms with Gasteiger partial charge in [-0.3, -0.25) is 4.90 Å².